The molecule has 8 heteroatoms. The molecule has 3 aromatic carbocycles. The Morgan fingerprint density at radius 1 is 0.886 bits per heavy atom. The van der Waals surface area contributed by atoms with Crippen molar-refractivity contribution in [1.29, 1.82) is 0 Å². The number of benzene rings is 3. The summed E-state index contributed by atoms with van der Waals surface area (Å²) in [5, 5.41) is 9.20. The molecular weight excluding hydrogens is 444 g/mol. The number of nitrogens with one attached hydrogen (secondary N) is 1. The van der Waals surface area contributed by atoms with E-state index >= 15 is 0 Å². The summed E-state index contributed by atoms with van der Waals surface area (Å²) in [6.45, 7) is 3.03. The van der Waals surface area contributed by atoms with Crippen molar-refractivity contribution in [3.05, 3.63) is 112 Å². The second-order valence-corrected chi connectivity index (χ2v) is 8.04. The Hall–Kier alpha value is -4.59. The van der Waals surface area contributed by atoms with E-state index in [9.17, 15) is 14.4 Å². The second kappa shape index (κ2) is 10.6. The highest BCUT2D eigenvalue weighted by atomic mass is 16.5. The molecule has 8 nitrogen and oxygen atoms in total. The quantitative estimate of drug-likeness (QED) is 0.253. The van der Waals surface area contributed by atoms with Crippen LogP contribution in [-0.2, 0) is 9.53 Å². The molecule has 0 aliphatic rings. The molecule has 1 heterocycles. The Labute approximate surface area is 201 Å². The molecule has 0 unspecified atom stereocenters. The lowest BCUT2D eigenvalue weighted by atomic mass is 10.0. The lowest BCUT2D eigenvalue weighted by Crippen LogP contribution is -2.30. The van der Waals surface area contributed by atoms with Gasteiger partial charge in [-0.2, -0.15) is 10.2 Å². The van der Waals surface area contributed by atoms with Crippen molar-refractivity contribution >= 4 is 28.4 Å². The van der Waals surface area contributed by atoms with E-state index in [4.69, 9.17) is 4.74 Å². The molecule has 35 heavy (non-hydrogen) atoms. The number of carbonyl (C=O) groups excluding carboxylic acids is 2. The number of hydrogen-bond donors (Lipinski definition) is 1. The molecule has 1 amide bonds. The molecule has 0 aliphatic carbocycles. The number of rotatable bonds is 7. The van der Waals surface area contributed by atoms with Crippen LogP contribution in [0.2, 0.25) is 0 Å². The Bertz CT molecular complexity index is 1400. The number of ether oxygens (including phenoxy) is 1. The maximum atomic E-state index is 12.8. The molecule has 176 valence electrons. The number of hydrogen-bond acceptors (Lipinski definition) is 6. The van der Waals surface area contributed by atoms with E-state index in [1.807, 2.05) is 60.7 Å². The molecule has 0 aliphatic heterocycles. The fraction of sp³-hybridized carbons (Fsp3) is 0.148. The summed E-state index contributed by atoms with van der Waals surface area (Å²) >= 11 is 0. The Kier molecular flexibility index (Phi) is 7.11. The first-order chi connectivity index (χ1) is 17.0. The molecule has 0 saturated heterocycles. The highest BCUT2D eigenvalue weighted by Gasteiger charge is 2.20. The molecule has 1 aromatic heterocycles. The first-order valence-corrected chi connectivity index (χ1v) is 11.1. The SMILES string of the molecule is CC(C)n1nc(C(=O)OCC(=O)NN=C(c2ccccc2)c2ccccc2)c2ccccc2c1=O. The number of aromatic nitrogens is 2. The number of esters is 1. The third-order valence-electron chi connectivity index (χ3n) is 5.23. The first-order valence-electron chi connectivity index (χ1n) is 11.1. The zero-order valence-electron chi connectivity index (χ0n) is 19.3. The fourth-order valence-corrected chi connectivity index (χ4v) is 3.55. The zero-order chi connectivity index (χ0) is 24.8. The smallest absolute Gasteiger partial charge is 0.359 e. The minimum atomic E-state index is -0.805. The standard InChI is InChI=1S/C27H24N4O4/c1-18(2)31-26(33)22-16-10-9-15-21(22)25(30-31)27(34)35-17-23(32)28-29-24(19-11-5-3-6-12-19)20-13-7-4-8-14-20/h3-16,18H,17H2,1-2H3,(H,28,32). The number of carbonyl (C=O) groups is 2. The van der Waals surface area contributed by atoms with Crippen LogP contribution < -0.4 is 11.0 Å². The van der Waals surface area contributed by atoms with Crippen LogP contribution in [0.15, 0.2) is 94.8 Å². The van der Waals surface area contributed by atoms with Gasteiger partial charge in [0.15, 0.2) is 12.3 Å². The van der Waals surface area contributed by atoms with Gasteiger partial charge >= 0.3 is 5.97 Å². The molecule has 4 aromatic rings. The van der Waals surface area contributed by atoms with Gasteiger partial charge in [0.1, 0.15) is 0 Å². The van der Waals surface area contributed by atoms with Crippen molar-refractivity contribution in [2.24, 2.45) is 5.10 Å². The average Bonchev–Trinajstić information content (AvgIpc) is 2.89. The van der Waals surface area contributed by atoms with Crippen molar-refractivity contribution in [3.63, 3.8) is 0 Å². The lowest BCUT2D eigenvalue weighted by Gasteiger charge is -2.13. The monoisotopic (exact) mass is 468 g/mol. The van der Waals surface area contributed by atoms with Gasteiger partial charge in [0, 0.05) is 16.5 Å². The van der Waals surface area contributed by atoms with Crippen LogP contribution >= 0.6 is 0 Å². The third-order valence-corrected chi connectivity index (χ3v) is 5.23. The van der Waals surface area contributed by atoms with Gasteiger partial charge in [0.2, 0.25) is 0 Å². The number of fused-ring (bicyclic) bond motifs is 1. The van der Waals surface area contributed by atoms with Crippen LogP contribution in [0.5, 0.6) is 0 Å². The van der Waals surface area contributed by atoms with E-state index in [2.05, 4.69) is 15.6 Å². The molecule has 4 rings (SSSR count). The minimum Gasteiger partial charge on any atom is -0.451 e. The molecule has 0 spiro atoms. The van der Waals surface area contributed by atoms with Gasteiger partial charge < -0.3 is 4.74 Å². The van der Waals surface area contributed by atoms with Crippen LogP contribution in [0.1, 0.15) is 41.5 Å². The molecule has 0 saturated carbocycles. The van der Waals surface area contributed by atoms with Crippen molar-refractivity contribution in [1.82, 2.24) is 15.2 Å². The predicted octanol–water partition coefficient (Wildman–Crippen LogP) is 3.70. The summed E-state index contributed by atoms with van der Waals surface area (Å²) in [6.07, 6.45) is 0. The van der Waals surface area contributed by atoms with E-state index in [-0.39, 0.29) is 17.3 Å². The summed E-state index contributed by atoms with van der Waals surface area (Å²) in [5.41, 5.74) is 4.35. The van der Waals surface area contributed by atoms with Crippen molar-refractivity contribution in [2.75, 3.05) is 6.61 Å². The summed E-state index contributed by atoms with van der Waals surface area (Å²) in [6, 6.07) is 25.3. The molecule has 1 N–H and O–H groups in total. The van der Waals surface area contributed by atoms with E-state index in [0.29, 0.717) is 16.5 Å². The summed E-state index contributed by atoms with van der Waals surface area (Å²) in [5.74, 6) is -1.41. The number of amides is 1. The Balaban J connectivity index is 1.52. The topological polar surface area (TPSA) is 103 Å². The van der Waals surface area contributed by atoms with Crippen molar-refractivity contribution in [2.45, 2.75) is 19.9 Å². The van der Waals surface area contributed by atoms with Gasteiger partial charge in [0.25, 0.3) is 11.5 Å². The van der Waals surface area contributed by atoms with Gasteiger partial charge in [-0.15, -0.1) is 0 Å². The second-order valence-electron chi connectivity index (χ2n) is 8.04. The summed E-state index contributed by atoms with van der Waals surface area (Å²) in [4.78, 5) is 37.9. The van der Waals surface area contributed by atoms with E-state index < -0.39 is 18.5 Å². The number of nitrogens with zero attached hydrogens (tertiary/aromatic N) is 3. The van der Waals surface area contributed by atoms with Gasteiger partial charge in [-0.25, -0.2) is 14.9 Å². The first kappa shape index (κ1) is 23.6. The van der Waals surface area contributed by atoms with E-state index in [1.54, 1.807) is 38.1 Å². The van der Waals surface area contributed by atoms with Crippen molar-refractivity contribution < 1.29 is 14.3 Å². The minimum absolute atomic E-state index is 0.0283. The summed E-state index contributed by atoms with van der Waals surface area (Å²) in [7, 11) is 0. The van der Waals surface area contributed by atoms with E-state index in [1.165, 1.54) is 4.68 Å². The van der Waals surface area contributed by atoms with Crippen LogP contribution in [0.3, 0.4) is 0 Å². The molecule has 0 fully saturated rings. The maximum Gasteiger partial charge on any atom is 0.359 e. The summed E-state index contributed by atoms with van der Waals surface area (Å²) < 4.78 is 6.45. The zero-order valence-corrected chi connectivity index (χ0v) is 19.3. The van der Waals surface area contributed by atoms with Gasteiger partial charge in [-0.3, -0.25) is 9.59 Å². The lowest BCUT2D eigenvalue weighted by molar-refractivity contribution is -0.124. The molecule has 0 atom stereocenters. The Morgan fingerprint density at radius 2 is 1.43 bits per heavy atom. The van der Waals surface area contributed by atoms with Gasteiger partial charge in [0.05, 0.1) is 17.1 Å². The van der Waals surface area contributed by atoms with E-state index in [0.717, 1.165) is 11.1 Å². The maximum absolute atomic E-state index is 12.8. The third kappa shape index (κ3) is 5.33. The fourth-order valence-electron chi connectivity index (χ4n) is 3.55. The normalized spacial score (nSPS) is 10.7. The van der Waals surface area contributed by atoms with Crippen LogP contribution in [-0.4, -0.2) is 34.0 Å². The van der Waals surface area contributed by atoms with Crippen molar-refractivity contribution in [3.8, 4) is 0 Å². The molecular formula is C27H24N4O4. The molecule has 0 radical (unpaired) electrons. The van der Waals surface area contributed by atoms with Crippen LogP contribution in [0.4, 0.5) is 0 Å². The highest BCUT2D eigenvalue weighted by Crippen LogP contribution is 2.16. The van der Waals surface area contributed by atoms with Gasteiger partial charge in [-0.1, -0.05) is 78.9 Å². The number of hydrazone groups is 1. The Morgan fingerprint density at radius 3 is 2.00 bits per heavy atom. The highest BCUT2D eigenvalue weighted by molar-refractivity contribution is 6.13. The predicted molar refractivity (Wildman–Crippen MR) is 133 cm³/mol. The average molecular weight is 469 g/mol. The van der Waals surface area contributed by atoms with Crippen LogP contribution in [0, 0.1) is 0 Å². The van der Waals surface area contributed by atoms with Crippen LogP contribution in [0.25, 0.3) is 10.8 Å². The molecule has 0 bridgehead atoms. The van der Waals surface area contributed by atoms with Gasteiger partial charge in [-0.05, 0) is 19.9 Å². The largest absolute Gasteiger partial charge is 0.451 e.